The maximum absolute atomic E-state index is 12.7. The van der Waals surface area contributed by atoms with Gasteiger partial charge in [-0.3, -0.25) is 9.59 Å². The molecule has 4 nitrogen and oxygen atoms in total. The van der Waals surface area contributed by atoms with Crippen molar-refractivity contribution in [2.75, 3.05) is 0 Å². The Bertz CT molecular complexity index is 790. The molecular weight excluding hydrogens is 321 g/mol. The van der Waals surface area contributed by atoms with Gasteiger partial charge in [-0.05, 0) is 26.0 Å². The molecule has 1 N–H and O–H groups in total. The van der Waals surface area contributed by atoms with Crippen molar-refractivity contribution in [2.24, 2.45) is 0 Å². The van der Waals surface area contributed by atoms with Gasteiger partial charge in [-0.15, -0.1) is 0 Å². The highest BCUT2D eigenvalue weighted by Crippen LogP contribution is 2.29. The molecule has 0 aromatic carbocycles. The number of alkyl halides is 3. The fourth-order valence-electron chi connectivity index (χ4n) is 2.13. The van der Waals surface area contributed by atoms with Crippen molar-refractivity contribution in [3.05, 3.63) is 56.2 Å². The molecule has 0 amide bonds. The predicted octanol–water partition coefficient (Wildman–Crippen LogP) is 3.35. The van der Waals surface area contributed by atoms with Crippen LogP contribution in [0.25, 0.3) is 0 Å². The van der Waals surface area contributed by atoms with E-state index < -0.39 is 34.6 Å². The van der Waals surface area contributed by atoms with E-state index in [4.69, 9.17) is 11.6 Å². The zero-order valence-electron chi connectivity index (χ0n) is 11.7. The van der Waals surface area contributed by atoms with Crippen molar-refractivity contribution in [2.45, 2.75) is 26.6 Å². The molecule has 0 aliphatic carbocycles. The van der Waals surface area contributed by atoms with Gasteiger partial charge in [0, 0.05) is 23.1 Å². The summed E-state index contributed by atoms with van der Waals surface area (Å²) in [5.41, 5.74) is -0.248. The van der Waals surface area contributed by atoms with Gasteiger partial charge in [0.15, 0.2) is 5.78 Å². The second-order valence-corrected chi connectivity index (χ2v) is 5.33. The number of Topliss-reactive ketones (excluding diaryl/α,β-unsaturated/α-hetero) is 1. The van der Waals surface area contributed by atoms with E-state index in [1.807, 2.05) is 0 Å². The molecule has 118 valence electrons. The van der Waals surface area contributed by atoms with E-state index in [1.54, 1.807) is 19.9 Å². The molecule has 0 fully saturated rings. The Morgan fingerprint density at radius 3 is 2.45 bits per heavy atom. The average Bonchev–Trinajstić information content (AvgIpc) is 2.72. The van der Waals surface area contributed by atoms with Crippen LogP contribution < -0.4 is 5.56 Å². The maximum Gasteiger partial charge on any atom is 0.417 e. The van der Waals surface area contributed by atoms with Crippen molar-refractivity contribution in [3.8, 4) is 0 Å². The van der Waals surface area contributed by atoms with Gasteiger partial charge in [0.05, 0.1) is 12.1 Å². The molecule has 0 saturated carbocycles. The van der Waals surface area contributed by atoms with Gasteiger partial charge in [0.25, 0.3) is 5.56 Å². The van der Waals surface area contributed by atoms with Crippen LogP contribution in [0.5, 0.6) is 0 Å². The monoisotopic (exact) mass is 332 g/mol. The Labute approximate surface area is 128 Å². The molecule has 2 heterocycles. The summed E-state index contributed by atoms with van der Waals surface area (Å²) < 4.78 is 38.9. The molecule has 0 saturated heterocycles. The number of aryl methyl sites for hydroxylation is 2. The zero-order chi connectivity index (χ0) is 16.7. The molecule has 0 spiro atoms. The Morgan fingerprint density at radius 1 is 1.32 bits per heavy atom. The van der Waals surface area contributed by atoms with Gasteiger partial charge >= 0.3 is 6.18 Å². The largest absolute Gasteiger partial charge is 0.417 e. The fraction of sp³-hybridized carbons (Fsp3) is 0.286. The first kappa shape index (κ1) is 16.4. The van der Waals surface area contributed by atoms with Crippen LogP contribution in [-0.2, 0) is 12.7 Å². The lowest BCUT2D eigenvalue weighted by molar-refractivity contribution is -0.138. The fourth-order valence-corrected chi connectivity index (χ4v) is 2.35. The Morgan fingerprint density at radius 2 is 1.95 bits per heavy atom. The van der Waals surface area contributed by atoms with Gasteiger partial charge in [0.1, 0.15) is 5.02 Å². The second-order valence-electron chi connectivity index (χ2n) is 4.92. The van der Waals surface area contributed by atoms with Crippen LogP contribution >= 0.6 is 11.6 Å². The molecular formula is C14H12ClF3N2O2. The van der Waals surface area contributed by atoms with Crippen molar-refractivity contribution < 1.29 is 18.0 Å². The average molecular weight is 333 g/mol. The minimum Gasteiger partial charge on any atom is -0.362 e. The highest BCUT2D eigenvalue weighted by Gasteiger charge is 2.32. The molecule has 0 unspecified atom stereocenters. The number of hydrogen-bond acceptors (Lipinski definition) is 2. The number of H-pyrrole nitrogens is 1. The van der Waals surface area contributed by atoms with Crippen LogP contribution in [0.2, 0.25) is 5.02 Å². The number of nitrogens with zero attached hydrogens (tertiary/aromatic N) is 1. The van der Waals surface area contributed by atoms with Gasteiger partial charge in [0.2, 0.25) is 0 Å². The molecule has 0 atom stereocenters. The topological polar surface area (TPSA) is 54.9 Å². The summed E-state index contributed by atoms with van der Waals surface area (Å²) in [6, 6.07) is 2.13. The Hall–Kier alpha value is -2.02. The molecule has 2 aromatic heterocycles. The van der Waals surface area contributed by atoms with Crippen molar-refractivity contribution in [1.29, 1.82) is 0 Å². The molecule has 22 heavy (non-hydrogen) atoms. The number of hydrogen-bond donors (Lipinski definition) is 1. The summed E-state index contributed by atoms with van der Waals surface area (Å²) >= 11 is 5.54. The highest BCUT2D eigenvalue weighted by molar-refractivity contribution is 6.30. The minimum atomic E-state index is -4.65. The lowest BCUT2D eigenvalue weighted by Gasteiger charge is -2.11. The molecule has 0 aliphatic rings. The van der Waals surface area contributed by atoms with E-state index in [0.29, 0.717) is 28.1 Å². The SMILES string of the molecule is Cc1cc(C(=O)Cn2cc(C(F)(F)F)cc(Cl)c2=O)c(C)[nH]1. The summed E-state index contributed by atoms with van der Waals surface area (Å²) in [4.78, 5) is 26.9. The standard InChI is InChI=1S/C14H12ClF3N2O2/c1-7-3-10(8(2)19-7)12(21)6-20-5-9(14(16,17)18)4-11(15)13(20)22/h3-5,19H,6H2,1-2H3. The molecule has 0 radical (unpaired) electrons. The molecule has 0 aliphatic heterocycles. The third-order valence-electron chi connectivity index (χ3n) is 3.13. The first-order valence-corrected chi connectivity index (χ1v) is 6.64. The number of aromatic amines is 1. The summed E-state index contributed by atoms with van der Waals surface area (Å²) in [5.74, 6) is -0.473. The highest BCUT2D eigenvalue weighted by atomic mass is 35.5. The second kappa shape index (κ2) is 5.64. The lowest BCUT2D eigenvalue weighted by Crippen LogP contribution is -2.26. The third kappa shape index (κ3) is 3.24. The summed E-state index contributed by atoms with van der Waals surface area (Å²) in [6.45, 7) is 2.90. The normalized spacial score (nSPS) is 11.7. The van der Waals surface area contributed by atoms with E-state index in [2.05, 4.69) is 4.98 Å². The van der Waals surface area contributed by atoms with Crippen LogP contribution in [0.3, 0.4) is 0 Å². The first-order chi connectivity index (χ1) is 10.1. The van der Waals surface area contributed by atoms with Crippen LogP contribution in [0, 0.1) is 13.8 Å². The van der Waals surface area contributed by atoms with Crippen LogP contribution in [0.15, 0.2) is 23.1 Å². The van der Waals surface area contributed by atoms with E-state index in [0.717, 1.165) is 5.69 Å². The van der Waals surface area contributed by atoms with E-state index in [-0.39, 0.29) is 0 Å². The van der Waals surface area contributed by atoms with Gasteiger partial charge < -0.3 is 9.55 Å². The molecule has 0 bridgehead atoms. The van der Waals surface area contributed by atoms with Crippen molar-refractivity contribution in [1.82, 2.24) is 9.55 Å². The molecule has 8 heteroatoms. The van der Waals surface area contributed by atoms with Crippen LogP contribution in [-0.4, -0.2) is 15.3 Å². The Kier molecular flexibility index (Phi) is 4.19. The Balaban J connectivity index is 2.41. The number of carbonyl (C=O) groups excluding carboxylic acids is 1. The first-order valence-electron chi connectivity index (χ1n) is 6.26. The quantitative estimate of drug-likeness (QED) is 0.876. The number of ketones is 1. The molecule has 2 rings (SSSR count). The summed E-state index contributed by atoms with van der Waals surface area (Å²) in [7, 11) is 0. The van der Waals surface area contributed by atoms with Gasteiger partial charge in [-0.25, -0.2) is 0 Å². The van der Waals surface area contributed by atoms with E-state index >= 15 is 0 Å². The van der Waals surface area contributed by atoms with Gasteiger partial charge in [-0.2, -0.15) is 13.2 Å². The number of carbonyl (C=O) groups is 1. The zero-order valence-corrected chi connectivity index (χ0v) is 12.5. The predicted molar refractivity (Wildman–Crippen MR) is 75.3 cm³/mol. The van der Waals surface area contributed by atoms with Crippen LogP contribution in [0.1, 0.15) is 27.3 Å². The number of pyridine rings is 1. The number of nitrogens with one attached hydrogen (secondary N) is 1. The summed E-state index contributed by atoms with van der Waals surface area (Å²) in [6.07, 6.45) is -4.05. The number of aromatic nitrogens is 2. The smallest absolute Gasteiger partial charge is 0.362 e. The minimum absolute atomic E-state index is 0.331. The van der Waals surface area contributed by atoms with Crippen molar-refractivity contribution >= 4 is 17.4 Å². The maximum atomic E-state index is 12.7. The summed E-state index contributed by atoms with van der Waals surface area (Å²) in [5, 5.41) is -0.579. The van der Waals surface area contributed by atoms with Crippen LogP contribution in [0.4, 0.5) is 13.2 Å². The van der Waals surface area contributed by atoms with E-state index in [9.17, 15) is 22.8 Å². The molecule has 2 aromatic rings. The number of halogens is 4. The van der Waals surface area contributed by atoms with Crippen molar-refractivity contribution in [3.63, 3.8) is 0 Å². The number of rotatable bonds is 3. The van der Waals surface area contributed by atoms with E-state index in [1.165, 1.54) is 0 Å². The lowest BCUT2D eigenvalue weighted by atomic mass is 10.1. The third-order valence-corrected chi connectivity index (χ3v) is 3.40. The van der Waals surface area contributed by atoms with Gasteiger partial charge in [-0.1, -0.05) is 11.6 Å².